The molecule has 2 heterocycles. The number of amides is 3. The zero-order valence-electron chi connectivity index (χ0n) is 20.5. The molecule has 38 heavy (non-hydrogen) atoms. The van der Waals surface area contributed by atoms with Gasteiger partial charge in [-0.05, 0) is 42.0 Å². The first-order valence-corrected chi connectivity index (χ1v) is 11.9. The van der Waals surface area contributed by atoms with Gasteiger partial charge < -0.3 is 19.9 Å². The van der Waals surface area contributed by atoms with E-state index in [1.165, 1.54) is 41.0 Å². The molecule has 2 aromatic rings. The van der Waals surface area contributed by atoms with Crippen molar-refractivity contribution < 1.29 is 37.1 Å². The number of hydrogen-bond donors (Lipinski definition) is 1. The molecule has 0 spiro atoms. The molecule has 0 unspecified atom stereocenters. The van der Waals surface area contributed by atoms with Gasteiger partial charge >= 0.3 is 6.09 Å². The average Bonchev–Trinajstić information content (AvgIpc) is 3.28. The molecular formula is C26H25F3N4O5. The van der Waals surface area contributed by atoms with Gasteiger partial charge in [-0.25, -0.2) is 18.0 Å². The molecule has 2 fully saturated rings. The normalized spacial score (nSPS) is 17.6. The van der Waals surface area contributed by atoms with Crippen molar-refractivity contribution in [1.29, 1.82) is 0 Å². The summed E-state index contributed by atoms with van der Waals surface area (Å²) in [5.41, 5.74) is 0.834. The second-order valence-corrected chi connectivity index (χ2v) is 8.84. The van der Waals surface area contributed by atoms with Crippen molar-refractivity contribution in [2.45, 2.75) is 13.0 Å². The predicted molar refractivity (Wildman–Crippen MR) is 132 cm³/mol. The minimum atomic E-state index is -1.06. The summed E-state index contributed by atoms with van der Waals surface area (Å²) in [6.45, 7) is 2.57. The number of nitrogens with one attached hydrogen (secondary N) is 1. The first-order valence-electron chi connectivity index (χ1n) is 11.9. The molecule has 12 heteroatoms. The van der Waals surface area contributed by atoms with Crippen LogP contribution < -0.4 is 15.1 Å². The van der Waals surface area contributed by atoms with Crippen molar-refractivity contribution in [2.24, 2.45) is 0 Å². The summed E-state index contributed by atoms with van der Waals surface area (Å²) in [7, 11) is 0. The van der Waals surface area contributed by atoms with Gasteiger partial charge in [0, 0.05) is 33.1 Å². The lowest BCUT2D eigenvalue weighted by Crippen LogP contribution is -2.50. The van der Waals surface area contributed by atoms with E-state index in [9.17, 15) is 32.3 Å². The summed E-state index contributed by atoms with van der Waals surface area (Å²) >= 11 is 0. The van der Waals surface area contributed by atoms with E-state index >= 15 is 0 Å². The number of hydrogen-bond acceptors (Lipinski definition) is 6. The van der Waals surface area contributed by atoms with Crippen molar-refractivity contribution in [2.75, 3.05) is 49.1 Å². The van der Waals surface area contributed by atoms with Gasteiger partial charge in [-0.1, -0.05) is 12.1 Å². The second kappa shape index (κ2) is 11.4. The van der Waals surface area contributed by atoms with Crippen LogP contribution >= 0.6 is 0 Å². The molecule has 0 bridgehead atoms. The van der Waals surface area contributed by atoms with Crippen molar-refractivity contribution in [3.8, 4) is 0 Å². The topological polar surface area (TPSA) is 99.3 Å². The molecule has 9 nitrogen and oxygen atoms in total. The minimum absolute atomic E-state index is 0.157. The molecule has 4 rings (SSSR count). The number of halogens is 3. The Labute approximate surface area is 216 Å². The minimum Gasteiger partial charge on any atom is -0.442 e. The molecule has 1 atom stereocenters. The van der Waals surface area contributed by atoms with E-state index in [1.54, 1.807) is 11.0 Å². The molecule has 0 radical (unpaired) electrons. The summed E-state index contributed by atoms with van der Waals surface area (Å²) in [6.07, 6.45) is 1.05. The van der Waals surface area contributed by atoms with Gasteiger partial charge in [-0.15, -0.1) is 0 Å². The van der Waals surface area contributed by atoms with Crippen LogP contribution in [0.2, 0.25) is 0 Å². The van der Waals surface area contributed by atoms with Gasteiger partial charge in [-0.2, -0.15) is 0 Å². The molecular weight excluding hydrogens is 505 g/mol. The zero-order valence-corrected chi connectivity index (χ0v) is 20.5. The van der Waals surface area contributed by atoms with Crippen molar-refractivity contribution in [3.05, 3.63) is 65.5 Å². The highest BCUT2D eigenvalue weighted by Gasteiger charge is 2.33. The summed E-state index contributed by atoms with van der Waals surface area (Å²) in [4.78, 5) is 52.4. The van der Waals surface area contributed by atoms with Crippen LogP contribution in [0.4, 0.5) is 29.3 Å². The largest absolute Gasteiger partial charge is 0.442 e. The van der Waals surface area contributed by atoms with Gasteiger partial charge in [0.2, 0.25) is 11.7 Å². The van der Waals surface area contributed by atoms with Crippen LogP contribution in [-0.4, -0.2) is 74.0 Å². The SMILES string of the molecule is CC(=O)NC[C@H]1CN(c2ccc(N3CCN(C(=O)C(=O)/C=C/c4ccc(F)c(F)c4)CC3)c(F)c2)C(=O)O1. The van der Waals surface area contributed by atoms with E-state index in [0.29, 0.717) is 5.69 Å². The first-order chi connectivity index (χ1) is 18.1. The van der Waals surface area contributed by atoms with Crippen molar-refractivity contribution in [3.63, 3.8) is 0 Å². The molecule has 0 saturated carbocycles. The van der Waals surface area contributed by atoms with Crippen molar-refractivity contribution in [1.82, 2.24) is 10.2 Å². The van der Waals surface area contributed by atoms with E-state index in [2.05, 4.69) is 5.32 Å². The van der Waals surface area contributed by atoms with Crippen molar-refractivity contribution >= 4 is 41.1 Å². The predicted octanol–water partition coefficient (Wildman–Crippen LogP) is 2.50. The average molecular weight is 531 g/mol. The third kappa shape index (κ3) is 6.13. The number of ketones is 1. The van der Waals surface area contributed by atoms with Crippen LogP contribution in [0.15, 0.2) is 42.5 Å². The standard InChI is InChI=1S/C26H25F3N4O5/c1-16(34)30-14-19-15-33(26(37)38-19)18-4-6-23(22(29)13-18)31-8-10-32(11-9-31)25(36)24(35)7-3-17-2-5-20(27)21(28)12-17/h2-7,12-13,19H,8-11,14-15H2,1H3,(H,30,34)/b7-3+/t19-/m0/s1. The third-order valence-corrected chi connectivity index (χ3v) is 6.18. The fraction of sp³-hybridized carbons (Fsp3) is 0.308. The van der Waals surface area contributed by atoms with E-state index in [0.717, 1.165) is 18.2 Å². The maximum Gasteiger partial charge on any atom is 0.414 e. The molecule has 2 saturated heterocycles. The highest BCUT2D eigenvalue weighted by atomic mass is 19.2. The van der Waals surface area contributed by atoms with Gasteiger partial charge in [0.25, 0.3) is 5.91 Å². The number of nitrogens with zero attached hydrogens (tertiary/aromatic N) is 3. The Kier molecular flexibility index (Phi) is 7.99. The highest BCUT2D eigenvalue weighted by Crippen LogP contribution is 2.28. The number of piperazine rings is 1. The number of benzene rings is 2. The first kappa shape index (κ1) is 26.7. The molecule has 0 aliphatic carbocycles. The van der Waals surface area contributed by atoms with Crippen LogP contribution in [-0.2, 0) is 19.1 Å². The lowest BCUT2D eigenvalue weighted by Gasteiger charge is -2.36. The second-order valence-electron chi connectivity index (χ2n) is 8.84. The zero-order chi connectivity index (χ0) is 27.4. The molecule has 1 N–H and O–H groups in total. The van der Waals surface area contributed by atoms with Crippen LogP contribution in [0, 0.1) is 17.5 Å². The maximum absolute atomic E-state index is 15.0. The van der Waals surface area contributed by atoms with Gasteiger partial charge in [0.1, 0.15) is 11.9 Å². The summed E-state index contributed by atoms with van der Waals surface area (Å²) in [5, 5.41) is 2.58. The lowest BCUT2D eigenvalue weighted by atomic mass is 10.1. The van der Waals surface area contributed by atoms with Crippen LogP contribution in [0.3, 0.4) is 0 Å². The Hall–Kier alpha value is -4.35. The van der Waals surface area contributed by atoms with E-state index in [1.807, 2.05) is 0 Å². The number of cyclic esters (lactones) is 1. The number of rotatable bonds is 7. The van der Waals surface area contributed by atoms with Crippen LogP contribution in [0.25, 0.3) is 6.08 Å². The van der Waals surface area contributed by atoms with Gasteiger partial charge in [-0.3, -0.25) is 19.3 Å². The van der Waals surface area contributed by atoms with Crippen LogP contribution in [0.5, 0.6) is 0 Å². The fourth-order valence-corrected chi connectivity index (χ4v) is 4.18. The van der Waals surface area contributed by atoms with E-state index in [-0.39, 0.29) is 56.4 Å². The monoisotopic (exact) mass is 530 g/mol. The summed E-state index contributed by atoms with van der Waals surface area (Å²) in [6, 6.07) is 7.47. The number of anilines is 2. The molecule has 0 aromatic heterocycles. The Morgan fingerprint density at radius 2 is 1.74 bits per heavy atom. The fourth-order valence-electron chi connectivity index (χ4n) is 4.18. The Bertz CT molecular complexity index is 1290. The number of carbonyl (C=O) groups is 4. The molecule has 2 aliphatic heterocycles. The number of ether oxygens (including phenoxy) is 1. The van der Waals surface area contributed by atoms with E-state index in [4.69, 9.17) is 4.74 Å². The Morgan fingerprint density at radius 3 is 2.39 bits per heavy atom. The van der Waals surface area contributed by atoms with E-state index < -0.39 is 41.3 Å². The molecule has 3 amide bonds. The van der Waals surface area contributed by atoms with Gasteiger partial charge in [0.15, 0.2) is 11.6 Å². The molecule has 2 aromatic carbocycles. The number of carbonyl (C=O) groups excluding carboxylic acids is 4. The lowest BCUT2D eigenvalue weighted by molar-refractivity contribution is -0.142. The Morgan fingerprint density at radius 1 is 1.00 bits per heavy atom. The summed E-state index contributed by atoms with van der Waals surface area (Å²) in [5.74, 6) is -4.45. The third-order valence-electron chi connectivity index (χ3n) is 6.18. The van der Waals surface area contributed by atoms with Gasteiger partial charge in [0.05, 0.1) is 24.5 Å². The maximum atomic E-state index is 15.0. The smallest absolute Gasteiger partial charge is 0.414 e. The summed E-state index contributed by atoms with van der Waals surface area (Å²) < 4.78 is 46.5. The highest BCUT2D eigenvalue weighted by molar-refractivity contribution is 6.41. The quantitative estimate of drug-likeness (QED) is 0.436. The molecule has 200 valence electrons. The van der Waals surface area contributed by atoms with Crippen LogP contribution in [0.1, 0.15) is 12.5 Å². The molecule has 2 aliphatic rings. The Balaban J connectivity index is 1.32.